The van der Waals surface area contributed by atoms with Gasteiger partial charge in [-0.15, -0.1) is 0 Å². The smallest absolute Gasteiger partial charge is 0.408 e. The number of carbonyl (C=O) groups is 2. The maximum absolute atomic E-state index is 12.6. The first-order chi connectivity index (χ1) is 12.1. The molecule has 0 fully saturated rings. The number of halogens is 3. The molecule has 0 spiro atoms. The van der Waals surface area contributed by atoms with Crippen molar-refractivity contribution >= 4 is 11.9 Å². The minimum atomic E-state index is -4.43. The Labute approximate surface area is 147 Å². The highest BCUT2D eigenvalue weighted by Crippen LogP contribution is 2.21. The summed E-state index contributed by atoms with van der Waals surface area (Å²) in [6.45, 7) is 1.71. The van der Waals surface area contributed by atoms with E-state index < -0.39 is 30.6 Å². The number of aliphatic carboxylic acids is 1. The van der Waals surface area contributed by atoms with Gasteiger partial charge in [0.15, 0.2) is 6.04 Å². The first-order valence-corrected chi connectivity index (χ1v) is 7.75. The van der Waals surface area contributed by atoms with E-state index >= 15 is 0 Å². The average molecular weight is 369 g/mol. The van der Waals surface area contributed by atoms with Gasteiger partial charge in [-0.25, -0.2) is 4.79 Å². The zero-order chi connectivity index (χ0) is 19.5. The van der Waals surface area contributed by atoms with E-state index in [-0.39, 0.29) is 12.1 Å². The Hall–Kier alpha value is -2.84. The predicted molar refractivity (Wildman–Crippen MR) is 86.4 cm³/mol. The Kier molecular flexibility index (Phi) is 5.69. The minimum Gasteiger partial charge on any atom is -0.479 e. The first-order valence-electron chi connectivity index (χ1n) is 7.75. The van der Waals surface area contributed by atoms with Crippen molar-refractivity contribution in [3.8, 4) is 0 Å². The summed E-state index contributed by atoms with van der Waals surface area (Å²) in [7, 11) is 0. The van der Waals surface area contributed by atoms with Crippen LogP contribution >= 0.6 is 0 Å². The van der Waals surface area contributed by atoms with Crippen molar-refractivity contribution in [3.05, 3.63) is 52.8 Å². The highest BCUT2D eigenvalue weighted by atomic mass is 19.4. The third-order valence-corrected chi connectivity index (χ3v) is 3.88. The number of hydrogen-bond acceptors (Lipinski definition) is 3. The van der Waals surface area contributed by atoms with Gasteiger partial charge in [-0.1, -0.05) is 30.3 Å². The van der Waals surface area contributed by atoms with Crippen LogP contribution < -0.4 is 5.32 Å². The number of alkyl halides is 3. The van der Waals surface area contributed by atoms with Gasteiger partial charge in [0.1, 0.15) is 6.54 Å². The fourth-order valence-electron chi connectivity index (χ4n) is 2.62. The third-order valence-electron chi connectivity index (χ3n) is 3.88. The summed E-state index contributed by atoms with van der Waals surface area (Å²) in [4.78, 5) is 23.7. The van der Waals surface area contributed by atoms with E-state index in [4.69, 9.17) is 0 Å². The largest absolute Gasteiger partial charge is 0.479 e. The molecule has 26 heavy (non-hydrogen) atoms. The van der Waals surface area contributed by atoms with E-state index in [1.165, 1.54) is 13.8 Å². The highest BCUT2D eigenvalue weighted by molar-refractivity contribution is 5.86. The van der Waals surface area contributed by atoms with Crippen LogP contribution in [0.1, 0.15) is 28.6 Å². The van der Waals surface area contributed by atoms with Crippen LogP contribution in [0.5, 0.6) is 0 Å². The van der Waals surface area contributed by atoms with E-state index in [0.717, 1.165) is 4.68 Å². The summed E-state index contributed by atoms with van der Waals surface area (Å²) in [5.74, 6) is -1.84. The minimum absolute atomic E-state index is 0.224. The van der Waals surface area contributed by atoms with E-state index in [1.807, 2.05) is 0 Å². The van der Waals surface area contributed by atoms with Crippen LogP contribution in [0.2, 0.25) is 0 Å². The fourth-order valence-corrected chi connectivity index (χ4v) is 2.62. The first kappa shape index (κ1) is 19.5. The van der Waals surface area contributed by atoms with Crippen LogP contribution in [0.4, 0.5) is 13.2 Å². The molecule has 1 atom stereocenters. The van der Waals surface area contributed by atoms with E-state index in [2.05, 4.69) is 10.4 Å². The molecule has 0 saturated carbocycles. The van der Waals surface area contributed by atoms with Crippen molar-refractivity contribution < 1.29 is 27.9 Å². The van der Waals surface area contributed by atoms with Crippen molar-refractivity contribution in [2.75, 3.05) is 0 Å². The molecule has 1 amide bonds. The summed E-state index contributed by atoms with van der Waals surface area (Å²) >= 11 is 0. The molecule has 6 nitrogen and oxygen atoms in total. The maximum Gasteiger partial charge on any atom is 0.408 e. The number of amides is 1. The van der Waals surface area contributed by atoms with Gasteiger partial charge in [0, 0.05) is 11.3 Å². The van der Waals surface area contributed by atoms with Crippen molar-refractivity contribution in [1.82, 2.24) is 15.1 Å². The van der Waals surface area contributed by atoms with E-state index in [9.17, 15) is 27.9 Å². The second kappa shape index (κ2) is 7.59. The summed E-state index contributed by atoms with van der Waals surface area (Å²) in [6, 6.07) is 6.90. The molecule has 1 heterocycles. The molecule has 2 aromatic rings. The van der Waals surface area contributed by atoms with Crippen molar-refractivity contribution in [2.24, 2.45) is 0 Å². The van der Waals surface area contributed by atoms with Crippen molar-refractivity contribution in [1.29, 1.82) is 0 Å². The molecule has 1 aromatic heterocycles. The van der Waals surface area contributed by atoms with Gasteiger partial charge in [-0.3, -0.25) is 9.48 Å². The summed E-state index contributed by atoms with van der Waals surface area (Å²) in [5, 5.41) is 15.5. The number of carbonyl (C=O) groups excluding carboxylic acids is 1. The molecule has 1 unspecified atom stereocenters. The Morgan fingerprint density at radius 1 is 1.23 bits per heavy atom. The standard InChI is InChI=1S/C17H18F3N3O3/c1-10-13(11(2)23(22-10)9-17(18,19)20)8-14(24)21-15(16(25)26)12-6-4-3-5-7-12/h3-7,15H,8-9H2,1-2H3,(H,21,24)(H,25,26). The van der Waals surface area contributed by atoms with Crippen LogP contribution in [0, 0.1) is 13.8 Å². The molecule has 0 radical (unpaired) electrons. The number of nitrogens with zero attached hydrogens (tertiary/aromatic N) is 2. The topological polar surface area (TPSA) is 84.2 Å². The Balaban J connectivity index is 2.15. The highest BCUT2D eigenvalue weighted by Gasteiger charge is 2.30. The number of rotatable bonds is 6. The predicted octanol–water partition coefficient (Wildman–Crippen LogP) is 2.55. The number of nitrogens with one attached hydrogen (secondary N) is 1. The van der Waals surface area contributed by atoms with Crippen LogP contribution in [0.25, 0.3) is 0 Å². The molecule has 0 saturated heterocycles. The lowest BCUT2D eigenvalue weighted by Crippen LogP contribution is -2.34. The maximum atomic E-state index is 12.6. The fraction of sp³-hybridized carbons (Fsp3) is 0.353. The van der Waals surface area contributed by atoms with E-state index in [1.54, 1.807) is 30.3 Å². The SMILES string of the molecule is Cc1nn(CC(F)(F)F)c(C)c1CC(=O)NC(C(=O)O)c1ccccc1. The van der Waals surface area contributed by atoms with Crippen LogP contribution in [-0.4, -0.2) is 32.9 Å². The molecule has 0 aliphatic carbocycles. The molecule has 2 N–H and O–H groups in total. The lowest BCUT2D eigenvalue weighted by molar-refractivity contribution is -0.143. The van der Waals surface area contributed by atoms with Crippen LogP contribution in [0.3, 0.4) is 0 Å². The zero-order valence-corrected chi connectivity index (χ0v) is 14.2. The number of carboxylic acid groups (broad SMARTS) is 1. The van der Waals surface area contributed by atoms with Gasteiger partial charge in [-0.05, 0) is 19.4 Å². The van der Waals surface area contributed by atoms with Gasteiger partial charge in [0.25, 0.3) is 0 Å². The number of benzene rings is 1. The second-order valence-electron chi connectivity index (χ2n) is 5.85. The van der Waals surface area contributed by atoms with Crippen molar-refractivity contribution in [3.63, 3.8) is 0 Å². The van der Waals surface area contributed by atoms with Crippen molar-refractivity contribution in [2.45, 2.75) is 39.0 Å². The molecule has 0 bridgehead atoms. The van der Waals surface area contributed by atoms with Gasteiger partial charge >= 0.3 is 12.1 Å². The number of aromatic nitrogens is 2. The molecular formula is C17H18F3N3O3. The molecule has 1 aromatic carbocycles. The Morgan fingerprint density at radius 3 is 2.38 bits per heavy atom. The normalized spacial score (nSPS) is 12.7. The summed E-state index contributed by atoms with van der Waals surface area (Å²) < 4.78 is 38.5. The molecule has 140 valence electrons. The third kappa shape index (κ3) is 4.84. The van der Waals surface area contributed by atoms with E-state index in [0.29, 0.717) is 16.8 Å². The summed E-state index contributed by atoms with van der Waals surface area (Å²) in [5.41, 5.74) is 1.27. The molecule has 2 rings (SSSR count). The Morgan fingerprint density at radius 2 is 1.85 bits per heavy atom. The number of carboxylic acids is 1. The average Bonchev–Trinajstić information content (AvgIpc) is 2.79. The summed E-state index contributed by atoms with van der Waals surface area (Å²) in [6.07, 6.45) is -4.68. The van der Waals surface area contributed by atoms with Gasteiger partial charge in [0.2, 0.25) is 5.91 Å². The second-order valence-corrected chi connectivity index (χ2v) is 5.85. The van der Waals surface area contributed by atoms with Crippen LogP contribution in [-0.2, 0) is 22.6 Å². The monoisotopic (exact) mass is 369 g/mol. The molecule has 0 aliphatic heterocycles. The number of aryl methyl sites for hydroxylation is 1. The lowest BCUT2D eigenvalue weighted by atomic mass is 10.1. The quantitative estimate of drug-likeness (QED) is 0.820. The molecular weight excluding hydrogens is 351 g/mol. The lowest BCUT2D eigenvalue weighted by Gasteiger charge is -2.15. The van der Waals surface area contributed by atoms with Crippen LogP contribution in [0.15, 0.2) is 30.3 Å². The van der Waals surface area contributed by atoms with Gasteiger partial charge in [0.05, 0.1) is 12.1 Å². The number of hydrogen-bond donors (Lipinski definition) is 2. The molecule has 0 aliphatic rings. The van der Waals surface area contributed by atoms with Gasteiger partial charge < -0.3 is 10.4 Å². The zero-order valence-electron chi connectivity index (χ0n) is 14.2. The molecule has 9 heteroatoms. The van der Waals surface area contributed by atoms with Gasteiger partial charge in [-0.2, -0.15) is 18.3 Å². The Bertz CT molecular complexity index is 801.